The maximum absolute atomic E-state index is 11.7. The lowest BCUT2D eigenvalue weighted by Crippen LogP contribution is -2.29. The Morgan fingerprint density at radius 1 is 1.50 bits per heavy atom. The third kappa shape index (κ3) is 3.56. The number of aliphatic hydroxyl groups excluding tert-OH is 1. The molecule has 0 aromatic carbocycles. The largest absolute Gasteiger partial charge is 0.399 e. The zero-order valence-electron chi connectivity index (χ0n) is 10.4. The monoisotopic (exact) mass is 302 g/mol. The SMILES string of the molecule is Nc1ccn(C2OC(C=CP(=O)(O)O)CC2O)c(=O)c1. The standard InChI is InChI=1S/C11H15N2O6P/c12-7-1-3-13(10(15)5-7)11-9(14)6-8(19-11)2-4-20(16,17)18/h1-5,8-9,11,14H,6,12H2,(H2,16,17,18). The van der Waals surface area contributed by atoms with Crippen LogP contribution >= 0.6 is 7.60 Å². The maximum Gasteiger partial charge on any atom is 0.348 e. The molecule has 1 fully saturated rings. The molecule has 0 radical (unpaired) electrons. The molecule has 1 aromatic heterocycles. The molecule has 0 bridgehead atoms. The number of hydrogen-bond acceptors (Lipinski definition) is 5. The average molecular weight is 302 g/mol. The second-order valence-electron chi connectivity index (χ2n) is 4.50. The smallest absolute Gasteiger partial charge is 0.348 e. The van der Waals surface area contributed by atoms with Gasteiger partial charge in [-0.25, -0.2) is 0 Å². The maximum atomic E-state index is 11.7. The number of ether oxygens (including phenoxy) is 1. The molecule has 0 spiro atoms. The van der Waals surface area contributed by atoms with Crippen molar-refractivity contribution in [2.24, 2.45) is 0 Å². The molecule has 9 heteroatoms. The summed E-state index contributed by atoms with van der Waals surface area (Å²) in [6.07, 6.45) is 0.189. The summed E-state index contributed by atoms with van der Waals surface area (Å²) in [5.41, 5.74) is 5.35. The lowest BCUT2D eigenvalue weighted by atomic mass is 10.2. The predicted octanol–water partition coefficient (Wildman–Crippen LogP) is -0.230. The van der Waals surface area contributed by atoms with Crippen LogP contribution in [0.3, 0.4) is 0 Å². The number of nitrogen functional groups attached to an aromatic ring is 1. The molecule has 0 aliphatic carbocycles. The second-order valence-corrected chi connectivity index (χ2v) is 5.98. The molecule has 3 unspecified atom stereocenters. The van der Waals surface area contributed by atoms with Gasteiger partial charge in [0.1, 0.15) is 6.10 Å². The molecule has 5 N–H and O–H groups in total. The zero-order valence-corrected chi connectivity index (χ0v) is 11.3. The van der Waals surface area contributed by atoms with Crippen LogP contribution in [0.1, 0.15) is 12.6 Å². The summed E-state index contributed by atoms with van der Waals surface area (Å²) in [5, 5.41) is 9.89. The molecule has 110 valence electrons. The van der Waals surface area contributed by atoms with Gasteiger partial charge in [-0.05, 0) is 12.1 Å². The number of nitrogens with two attached hydrogens (primary N) is 1. The molecule has 2 heterocycles. The van der Waals surface area contributed by atoms with Crippen LogP contribution in [0.15, 0.2) is 35.0 Å². The Hall–Kier alpha value is -1.44. The molecule has 2 rings (SSSR count). The Morgan fingerprint density at radius 3 is 2.80 bits per heavy atom. The van der Waals surface area contributed by atoms with E-state index >= 15 is 0 Å². The van der Waals surface area contributed by atoms with Crippen LogP contribution in [0, 0.1) is 0 Å². The van der Waals surface area contributed by atoms with Crippen molar-refractivity contribution in [3.05, 3.63) is 40.6 Å². The Balaban J connectivity index is 2.17. The van der Waals surface area contributed by atoms with Crippen molar-refractivity contribution >= 4 is 13.3 Å². The molecular weight excluding hydrogens is 287 g/mol. The molecular formula is C11H15N2O6P. The zero-order chi connectivity index (χ0) is 14.9. The van der Waals surface area contributed by atoms with Gasteiger partial charge >= 0.3 is 7.60 Å². The van der Waals surface area contributed by atoms with Gasteiger partial charge in [0.2, 0.25) is 0 Å². The van der Waals surface area contributed by atoms with Gasteiger partial charge in [0.05, 0.1) is 6.10 Å². The number of anilines is 1. The van der Waals surface area contributed by atoms with Gasteiger partial charge in [-0.2, -0.15) is 0 Å². The first-order valence-corrected chi connectivity index (χ1v) is 7.50. The summed E-state index contributed by atoms with van der Waals surface area (Å²) in [5.74, 6) is 0.721. The third-order valence-electron chi connectivity index (χ3n) is 2.86. The third-order valence-corrected chi connectivity index (χ3v) is 3.42. The van der Waals surface area contributed by atoms with E-state index in [1.54, 1.807) is 0 Å². The summed E-state index contributed by atoms with van der Waals surface area (Å²) in [7, 11) is -4.27. The van der Waals surface area contributed by atoms with Gasteiger partial charge in [-0.1, -0.05) is 0 Å². The summed E-state index contributed by atoms with van der Waals surface area (Å²) >= 11 is 0. The molecule has 1 aromatic rings. The summed E-state index contributed by atoms with van der Waals surface area (Å²) < 4.78 is 17.3. The van der Waals surface area contributed by atoms with Gasteiger partial charge in [0, 0.05) is 30.2 Å². The highest BCUT2D eigenvalue weighted by Crippen LogP contribution is 2.38. The molecule has 3 atom stereocenters. The number of nitrogens with zero attached hydrogens (tertiary/aromatic N) is 1. The van der Waals surface area contributed by atoms with Gasteiger partial charge in [-0.15, -0.1) is 0 Å². The molecule has 0 amide bonds. The molecule has 8 nitrogen and oxygen atoms in total. The number of aromatic nitrogens is 1. The highest BCUT2D eigenvalue weighted by atomic mass is 31.2. The van der Waals surface area contributed by atoms with Crippen molar-refractivity contribution < 1.29 is 24.2 Å². The lowest BCUT2D eigenvalue weighted by Gasteiger charge is -2.17. The topological polar surface area (TPSA) is 135 Å². The van der Waals surface area contributed by atoms with Crippen molar-refractivity contribution in [2.45, 2.75) is 24.9 Å². The Labute approximate surface area is 114 Å². The summed E-state index contributed by atoms with van der Waals surface area (Å²) in [4.78, 5) is 29.2. The first-order valence-electron chi connectivity index (χ1n) is 5.82. The van der Waals surface area contributed by atoms with Gasteiger partial charge in [0.15, 0.2) is 6.23 Å². The number of hydrogen-bond donors (Lipinski definition) is 4. The van der Waals surface area contributed by atoms with Crippen LogP contribution in [0.25, 0.3) is 0 Å². The fourth-order valence-corrected chi connectivity index (χ4v) is 2.39. The highest BCUT2D eigenvalue weighted by molar-refractivity contribution is 7.55. The van der Waals surface area contributed by atoms with Gasteiger partial charge in [0.25, 0.3) is 5.56 Å². The lowest BCUT2D eigenvalue weighted by molar-refractivity contribution is -0.0271. The van der Waals surface area contributed by atoms with Crippen LogP contribution in [0.2, 0.25) is 0 Å². The number of rotatable bonds is 3. The number of aliphatic hydroxyl groups is 1. The minimum atomic E-state index is -4.27. The molecule has 20 heavy (non-hydrogen) atoms. The van der Waals surface area contributed by atoms with Crippen molar-refractivity contribution in [3.8, 4) is 0 Å². The average Bonchev–Trinajstić information content (AvgIpc) is 2.67. The van der Waals surface area contributed by atoms with Crippen LogP contribution in [-0.4, -0.2) is 31.7 Å². The van der Waals surface area contributed by atoms with E-state index in [2.05, 4.69) is 0 Å². The van der Waals surface area contributed by atoms with Crippen LogP contribution in [-0.2, 0) is 9.30 Å². The predicted molar refractivity (Wildman–Crippen MR) is 70.8 cm³/mol. The first-order chi connectivity index (χ1) is 9.26. The van der Waals surface area contributed by atoms with Crippen molar-refractivity contribution in [3.63, 3.8) is 0 Å². The van der Waals surface area contributed by atoms with Crippen LogP contribution in [0.4, 0.5) is 5.69 Å². The van der Waals surface area contributed by atoms with E-state index in [9.17, 15) is 14.5 Å². The normalized spacial score (nSPS) is 27.2. The van der Waals surface area contributed by atoms with E-state index in [-0.39, 0.29) is 6.42 Å². The van der Waals surface area contributed by atoms with Crippen LogP contribution < -0.4 is 11.3 Å². The van der Waals surface area contributed by atoms with Crippen molar-refractivity contribution in [2.75, 3.05) is 5.73 Å². The fraction of sp³-hybridized carbons (Fsp3) is 0.364. The van der Waals surface area contributed by atoms with E-state index in [0.29, 0.717) is 5.69 Å². The summed E-state index contributed by atoms with van der Waals surface area (Å²) in [6, 6.07) is 2.70. The molecule has 1 aliphatic rings. The molecule has 1 saturated heterocycles. The van der Waals surface area contributed by atoms with E-state index in [1.165, 1.54) is 29.0 Å². The van der Waals surface area contributed by atoms with Crippen LogP contribution in [0.5, 0.6) is 0 Å². The van der Waals surface area contributed by atoms with E-state index in [4.69, 9.17) is 20.3 Å². The molecule has 0 saturated carbocycles. The Kier molecular flexibility index (Phi) is 4.12. The van der Waals surface area contributed by atoms with Crippen molar-refractivity contribution in [1.29, 1.82) is 0 Å². The van der Waals surface area contributed by atoms with E-state index in [0.717, 1.165) is 5.82 Å². The Morgan fingerprint density at radius 2 is 2.20 bits per heavy atom. The first kappa shape index (κ1) is 15.0. The molecule has 1 aliphatic heterocycles. The van der Waals surface area contributed by atoms with E-state index in [1.807, 2.05) is 0 Å². The van der Waals surface area contributed by atoms with Gasteiger partial charge in [-0.3, -0.25) is 13.9 Å². The number of pyridine rings is 1. The van der Waals surface area contributed by atoms with E-state index < -0.39 is 31.6 Å². The Bertz CT molecular complexity index is 622. The highest BCUT2D eigenvalue weighted by Gasteiger charge is 2.34. The minimum Gasteiger partial charge on any atom is -0.399 e. The van der Waals surface area contributed by atoms with Crippen molar-refractivity contribution in [1.82, 2.24) is 4.57 Å². The quantitative estimate of drug-likeness (QED) is 0.566. The second kappa shape index (κ2) is 5.51. The summed E-state index contributed by atoms with van der Waals surface area (Å²) in [6.45, 7) is 0. The van der Waals surface area contributed by atoms with Gasteiger partial charge < -0.3 is 25.4 Å². The fourth-order valence-electron chi connectivity index (χ4n) is 1.98. The minimum absolute atomic E-state index is 0.137.